The summed E-state index contributed by atoms with van der Waals surface area (Å²) < 4.78 is 51.1. The quantitative estimate of drug-likeness (QED) is 0.722. The zero-order valence-corrected chi connectivity index (χ0v) is 18.0. The Morgan fingerprint density at radius 1 is 1.13 bits per heavy atom. The summed E-state index contributed by atoms with van der Waals surface area (Å²) in [6.07, 6.45) is -5.65. The summed E-state index contributed by atoms with van der Waals surface area (Å²) in [4.78, 5) is 12.7. The van der Waals surface area contributed by atoms with Gasteiger partial charge in [0, 0.05) is 11.6 Å². The molecule has 0 bridgehead atoms. The van der Waals surface area contributed by atoms with E-state index in [1.165, 1.54) is 0 Å². The SMILES string of the molecule is Cc1c(NC(=O)C2CCC(O)(C(F)(F)F)CC2)cccc1B1OC(C)(C)C(C)(C)O1. The van der Waals surface area contributed by atoms with Crippen molar-refractivity contribution in [3.8, 4) is 0 Å². The maximum Gasteiger partial charge on any atom is 0.495 e. The van der Waals surface area contributed by atoms with Gasteiger partial charge in [-0.1, -0.05) is 12.1 Å². The lowest BCUT2D eigenvalue weighted by molar-refractivity contribution is -0.271. The molecule has 1 aliphatic heterocycles. The molecule has 0 unspecified atom stereocenters. The van der Waals surface area contributed by atoms with E-state index in [9.17, 15) is 23.1 Å². The monoisotopic (exact) mass is 427 g/mol. The minimum atomic E-state index is -4.68. The van der Waals surface area contributed by atoms with Crippen LogP contribution in [0.25, 0.3) is 0 Å². The lowest BCUT2D eigenvalue weighted by Crippen LogP contribution is -2.48. The van der Waals surface area contributed by atoms with Crippen LogP contribution in [0.3, 0.4) is 0 Å². The highest BCUT2D eigenvalue weighted by Crippen LogP contribution is 2.43. The molecule has 1 heterocycles. The number of hydrogen-bond acceptors (Lipinski definition) is 4. The second-order valence-electron chi connectivity index (χ2n) is 9.40. The van der Waals surface area contributed by atoms with Crippen LogP contribution in [-0.4, -0.2) is 41.1 Å². The number of hydrogen-bond donors (Lipinski definition) is 2. The zero-order valence-electron chi connectivity index (χ0n) is 18.0. The second kappa shape index (κ2) is 7.53. The third-order valence-electron chi connectivity index (χ3n) is 6.85. The van der Waals surface area contributed by atoms with Crippen LogP contribution in [0.15, 0.2) is 18.2 Å². The maximum absolute atomic E-state index is 13.0. The maximum atomic E-state index is 13.0. The van der Waals surface area contributed by atoms with E-state index < -0.39 is 48.9 Å². The van der Waals surface area contributed by atoms with Crippen molar-refractivity contribution >= 4 is 24.2 Å². The molecule has 0 radical (unpaired) electrons. The van der Waals surface area contributed by atoms with Gasteiger partial charge in [-0.25, -0.2) is 0 Å². The zero-order chi connectivity index (χ0) is 22.5. The summed E-state index contributed by atoms with van der Waals surface area (Å²) in [6.45, 7) is 9.68. The van der Waals surface area contributed by atoms with Crippen LogP contribution < -0.4 is 10.8 Å². The van der Waals surface area contributed by atoms with E-state index in [0.29, 0.717) is 5.69 Å². The number of rotatable bonds is 3. The first kappa shape index (κ1) is 23.1. The molecule has 3 rings (SSSR count). The number of anilines is 1. The first-order valence-electron chi connectivity index (χ1n) is 10.2. The van der Waals surface area contributed by atoms with Crippen LogP contribution >= 0.6 is 0 Å². The van der Waals surface area contributed by atoms with Gasteiger partial charge < -0.3 is 19.7 Å². The van der Waals surface area contributed by atoms with E-state index in [1.807, 2.05) is 40.7 Å². The normalized spacial score (nSPS) is 28.4. The third-order valence-corrected chi connectivity index (χ3v) is 6.85. The summed E-state index contributed by atoms with van der Waals surface area (Å²) in [5, 5.41) is 12.6. The van der Waals surface area contributed by atoms with E-state index in [1.54, 1.807) is 12.1 Å². The fourth-order valence-corrected chi connectivity index (χ4v) is 3.89. The van der Waals surface area contributed by atoms with Crippen molar-refractivity contribution in [2.45, 2.75) is 83.3 Å². The summed E-state index contributed by atoms with van der Waals surface area (Å²) in [5.74, 6) is -0.916. The van der Waals surface area contributed by atoms with Gasteiger partial charge in [0.1, 0.15) is 0 Å². The predicted molar refractivity (Wildman–Crippen MR) is 108 cm³/mol. The van der Waals surface area contributed by atoms with Crippen molar-refractivity contribution in [3.63, 3.8) is 0 Å². The Hall–Kier alpha value is -1.58. The topological polar surface area (TPSA) is 67.8 Å². The number of benzene rings is 1. The Bertz CT molecular complexity index is 801. The van der Waals surface area contributed by atoms with Gasteiger partial charge in [0.25, 0.3) is 0 Å². The molecule has 1 aromatic carbocycles. The average molecular weight is 427 g/mol. The third kappa shape index (κ3) is 4.12. The predicted octanol–water partition coefficient (Wildman–Crippen LogP) is 3.72. The van der Waals surface area contributed by atoms with Crippen LogP contribution in [0, 0.1) is 12.8 Å². The van der Waals surface area contributed by atoms with Gasteiger partial charge in [0.15, 0.2) is 5.60 Å². The molecule has 2 N–H and O–H groups in total. The van der Waals surface area contributed by atoms with Gasteiger partial charge >= 0.3 is 13.3 Å². The molecule has 2 fully saturated rings. The van der Waals surface area contributed by atoms with Gasteiger partial charge in [-0.2, -0.15) is 13.2 Å². The van der Waals surface area contributed by atoms with Crippen molar-refractivity contribution in [1.29, 1.82) is 0 Å². The van der Waals surface area contributed by atoms with E-state index in [-0.39, 0.29) is 18.7 Å². The number of aliphatic hydroxyl groups is 1. The molecular formula is C21H29BF3NO4. The minimum absolute atomic E-state index is 0.0161. The Morgan fingerprint density at radius 3 is 2.17 bits per heavy atom. The first-order valence-corrected chi connectivity index (χ1v) is 10.2. The van der Waals surface area contributed by atoms with E-state index >= 15 is 0 Å². The van der Waals surface area contributed by atoms with Crippen molar-refractivity contribution in [3.05, 3.63) is 23.8 Å². The molecule has 1 aliphatic carbocycles. The smallest absolute Gasteiger partial charge is 0.399 e. The van der Waals surface area contributed by atoms with Crippen LogP contribution in [0.1, 0.15) is 58.9 Å². The first-order chi connectivity index (χ1) is 13.7. The summed E-state index contributed by atoms with van der Waals surface area (Å²) >= 11 is 0. The molecule has 1 saturated heterocycles. The number of amides is 1. The number of alkyl halides is 3. The number of carbonyl (C=O) groups is 1. The van der Waals surface area contributed by atoms with Crippen molar-refractivity contribution in [2.24, 2.45) is 5.92 Å². The van der Waals surface area contributed by atoms with Gasteiger partial charge in [0.2, 0.25) is 5.91 Å². The van der Waals surface area contributed by atoms with Crippen LogP contribution in [0.4, 0.5) is 18.9 Å². The van der Waals surface area contributed by atoms with Gasteiger partial charge in [-0.15, -0.1) is 0 Å². The molecule has 0 atom stereocenters. The molecule has 1 amide bonds. The van der Waals surface area contributed by atoms with Gasteiger partial charge in [-0.3, -0.25) is 4.79 Å². The molecule has 5 nitrogen and oxygen atoms in total. The van der Waals surface area contributed by atoms with Crippen LogP contribution in [0.5, 0.6) is 0 Å². The standard InChI is InChI=1S/C21H29BF3NO4/c1-13-15(22-29-18(2,3)19(4,5)30-22)7-6-8-16(13)26-17(27)14-9-11-20(28,12-10-14)21(23,24)25/h6-8,14,28H,9-12H2,1-5H3,(H,26,27). The molecule has 0 spiro atoms. The highest BCUT2D eigenvalue weighted by molar-refractivity contribution is 6.62. The molecular weight excluding hydrogens is 398 g/mol. The van der Waals surface area contributed by atoms with Crippen LogP contribution in [-0.2, 0) is 14.1 Å². The second-order valence-corrected chi connectivity index (χ2v) is 9.40. The molecule has 0 aromatic heterocycles. The van der Waals surface area contributed by atoms with E-state index in [2.05, 4.69) is 5.32 Å². The fraction of sp³-hybridized carbons (Fsp3) is 0.667. The number of nitrogens with one attached hydrogen (secondary N) is 1. The lowest BCUT2D eigenvalue weighted by Gasteiger charge is -2.36. The summed E-state index contributed by atoms with van der Waals surface area (Å²) in [6, 6.07) is 5.40. The Morgan fingerprint density at radius 2 is 1.67 bits per heavy atom. The van der Waals surface area contributed by atoms with Crippen LogP contribution in [0.2, 0.25) is 0 Å². The fourth-order valence-electron chi connectivity index (χ4n) is 3.89. The minimum Gasteiger partial charge on any atom is -0.399 e. The Labute approximate surface area is 175 Å². The summed E-state index contributed by atoms with van der Waals surface area (Å²) in [5.41, 5.74) is -1.55. The largest absolute Gasteiger partial charge is 0.495 e. The average Bonchev–Trinajstić information content (AvgIpc) is 2.83. The van der Waals surface area contributed by atoms with Crippen molar-refractivity contribution < 1.29 is 32.4 Å². The number of carbonyl (C=O) groups excluding carboxylic acids is 1. The van der Waals surface area contributed by atoms with Crippen molar-refractivity contribution in [2.75, 3.05) is 5.32 Å². The lowest BCUT2D eigenvalue weighted by atomic mass is 9.75. The van der Waals surface area contributed by atoms with E-state index in [4.69, 9.17) is 9.31 Å². The highest BCUT2D eigenvalue weighted by Gasteiger charge is 2.55. The molecule has 30 heavy (non-hydrogen) atoms. The van der Waals surface area contributed by atoms with E-state index in [0.717, 1.165) is 11.0 Å². The molecule has 166 valence electrons. The molecule has 2 aliphatic rings. The molecule has 1 aromatic rings. The Kier molecular flexibility index (Phi) is 5.80. The van der Waals surface area contributed by atoms with Crippen molar-refractivity contribution in [1.82, 2.24) is 0 Å². The molecule has 9 heteroatoms. The van der Waals surface area contributed by atoms with Gasteiger partial charge in [0.05, 0.1) is 11.2 Å². The highest BCUT2D eigenvalue weighted by atomic mass is 19.4. The Balaban J connectivity index is 1.70. The molecule has 1 saturated carbocycles. The van der Waals surface area contributed by atoms with Gasteiger partial charge in [-0.05, 0) is 77.4 Å². The number of halogens is 3. The summed E-state index contributed by atoms with van der Waals surface area (Å²) in [7, 11) is -0.580.